The van der Waals surface area contributed by atoms with E-state index in [-0.39, 0.29) is 22.4 Å². The zero-order valence-electron chi connectivity index (χ0n) is 14.9. The average molecular weight is 298 g/mol. The van der Waals surface area contributed by atoms with Crippen molar-refractivity contribution in [3.63, 3.8) is 0 Å². The Morgan fingerprint density at radius 3 is 2.24 bits per heavy atom. The van der Waals surface area contributed by atoms with Crippen LogP contribution >= 0.6 is 0 Å². The van der Waals surface area contributed by atoms with Crippen molar-refractivity contribution in [2.24, 2.45) is 11.3 Å². The highest BCUT2D eigenvalue weighted by Gasteiger charge is 2.38. The highest BCUT2D eigenvalue weighted by Crippen LogP contribution is 2.34. The van der Waals surface area contributed by atoms with Gasteiger partial charge >= 0.3 is 0 Å². The van der Waals surface area contributed by atoms with Crippen LogP contribution in [0.4, 0.5) is 0 Å². The van der Waals surface area contributed by atoms with E-state index in [0.29, 0.717) is 25.5 Å². The number of ether oxygens (including phenoxy) is 1. The topological polar surface area (TPSA) is 50.4 Å². The minimum atomic E-state index is -0.0168. The fourth-order valence-corrected chi connectivity index (χ4v) is 3.79. The number of nitrogens with one attached hydrogen (secondary N) is 2. The standard InChI is InChI=1S/C17H34N2O2/c1-15(2,12-21-7)11-18-14(20)8-13-9-16(3,4)19-17(5,6)10-13/h13,19H,8-12H2,1-7H3,(H,18,20). The van der Waals surface area contributed by atoms with Gasteiger partial charge in [0.2, 0.25) is 5.91 Å². The van der Waals surface area contributed by atoms with Gasteiger partial charge in [0, 0.05) is 36.6 Å². The molecule has 4 heteroatoms. The minimum absolute atomic E-state index is 0.0168. The van der Waals surface area contributed by atoms with E-state index in [2.05, 4.69) is 52.2 Å². The van der Waals surface area contributed by atoms with Crippen molar-refractivity contribution < 1.29 is 9.53 Å². The molecule has 0 spiro atoms. The summed E-state index contributed by atoms with van der Waals surface area (Å²) in [5, 5.41) is 6.73. The molecule has 2 N–H and O–H groups in total. The molecular formula is C17H34N2O2. The van der Waals surface area contributed by atoms with Crippen LogP contribution in [0.3, 0.4) is 0 Å². The quantitative estimate of drug-likeness (QED) is 0.793. The second-order valence-corrected chi connectivity index (χ2v) is 8.75. The molecule has 0 radical (unpaired) electrons. The average Bonchev–Trinajstić information content (AvgIpc) is 2.21. The van der Waals surface area contributed by atoms with E-state index >= 15 is 0 Å². The molecule has 0 aromatic rings. The Hall–Kier alpha value is -0.610. The van der Waals surface area contributed by atoms with E-state index < -0.39 is 0 Å². The summed E-state index contributed by atoms with van der Waals surface area (Å²) >= 11 is 0. The largest absolute Gasteiger partial charge is 0.384 e. The van der Waals surface area contributed by atoms with Crippen LogP contribution in [0.25, 0.3) is 0 Å². The van der Waals surface area contributed by atoms with Gasteiger partial charge in [-0.05, 0) is 46.5 Å². The highest BCUT2D eigenvalue weighted by molar-refractivity contribution is 5.76. The van der Waals surface area contributed by atoms with Gasteiger partial charge in [-0.3, -0.25) is 4.79 Å². The van der Waals surface area contributed by atoms with E-state index in [1.54, 1.807) is 7.11 Å². The van der Waals surface area contributed by atoms with Crippen LogP contribution in [-0.4, -0.2) is 37.2 Å². The van der Waals surface area contributed by atoms with E-state index in [1.165, 1.54) is 0 Å². The lowest BCUT2D eigenvalue weighted by Gasteiger charge is -2.46. The third-order valence-corrected chi connectivity index (χ3v) is 4.05. The van der Waals surface area contributed by atoms with Crippen LogP contribution < -0.4 is 10.6 Å². The number of hydrogen-bond acceptors (Lipinski definition) is 3. The summed E-state index contributed by atoms with van der Waals surface area (Å²) in [6.45, 7) is 14.4. The molecule has 0 atom stereocenters. The molecule has 4 nitrogen and oxygen atoms in total. The number of methoxy groups -OCH3 is 1. The van der Waals surface area contributed by atoms with Crippen LogP contribution in [0.15, 0.2) is 0 Å². The van der Waals surface area contributed by atoms with Gasteiger partial charge in [0.25, 0.3) is 0 Å². The van der Waals surface area contributed by atoms with E-state index in [4.69, 9.17) is 4.74 Å². The van der Waals surface area contributed by atoms with E-state index in [1.807, 2.05) is 0 Å². The first-order valence-electron chi connectivity index (χ1n) is 8.00. The molecule has 1 fully saturated rings. The monoisotopic (exact) mass is 298 g/mol. The fraction of sp³-hybridized carbons (Fsp3) is 0.941. The molecule has 0 bridgehead atoms. The summed E-state index contributed by atoms with van der Waals surface area (Å²) in [6.07, 6.45) is 2.72. The molecule has 0 aromatic heterocycles. The van der Waals surface area contributed by atoms with Gasteiger partial charge in [-0.25, -0.2) is 0 Å². The van der Waals surface area contributed by atoms with Gasteiger partial charge in [-0.2, -0.15) is 0 Å². The van der Waals surface area contributed by atoms with Gasteiger partial charge in [0.1, 0.15) is 0 Å². The van der Waals surface area contributed by atoms with Crippen LogP contribution in [0.5, 0.6) is 0 Å². The zero-order valence-corrected chi connectivity index (χ0v) is 14.9. The zero-order chi connectivity index (χ0) is 16.3. The predicted molar refractivity (Wildman–Crippen MR) is 87.3 cm³/mol. The van der Waals surface area contributed by atoms with Gasteiger partial charge in [-0.1, -0.05) is 13.8 Å². The highest BCUT2D eigenvalue weighted by atomic mass is 16.5. The maximum absolute atomic E-state index is 12.2. The second-order valence-electron chi connectivity index (χ2n) is 8.75. The number of piperidine rings is 1. The Balaban J connectivity index is 2.47. The number of rotatable bonds is 6. The lowest BCUT2D eigenvalue weighted by Crippen LogP contribution is -2.58. The lowest BCUT2D eigenvalue weighted by atomic mass is 9.74. The first-order chi connectivity index (χ1) is 9.45. The van der Waals surface area contributed by atoms with Crippen molar-refractivity contribution >= 4 is 5.91 Å². The summed E-state index contributed by atoms with van der Waals surface area (Å²) < 4.78 is 5.18. The molecular weight excluding hydrogens is 264 g/mol. The molecule has 21 heavy (non-hydrogen) atoms. The fourth-order valence-electron chi connectivity index (χ4n) is 3.79. The van der Waals surface area contributed by atoms with Crippen LogP contribution in [0.2, 0.25) is 0 Å². The molecule has 124 valence electrons. The molecule has 1 heterocycles. The molecule has 0 aliphatic carbocycles. The van der Waals surface area contributed by atoms with Gasteiger partial charge in [0.05, 0.1) is 6.61 Å². The summed E-state index contributed by atoms with van der Waals surface area (Å²) in [7, 11) is 1.70. The number of hydrogen-bond donors (Lipinski definition) is 2. The van der Waals surface area contributed by atoms with Crippen LogP contribution in [0, 0.1) is 11.3 Å². The van der Waals surface area contributed by atoms with Crippen molar-refractivity contribution in [2.75, 3.05) is 20.3 Å². The summed E-state index contributed by atoms with van der Waals surface area (Å²) in [6, 6.07) is 0. The smallest absolute Gasteiger partial charge is 0.220 e. The Morgan fingerprint density at radius 2 is 1.76 bits per heavy atom. The Kier molecular flexibility index (Phi) is 5.84. The van der Waals surface area contributed by atoms with Crippen molar-refractivity contribution in [2.45, 2.75) is 71.9 Å². The molecule has 0 unspecified atom stereocenters. The van der Waals surface area contributed by atoms with E-state index in [0.717, 1.165) is 12.8 Å². The first-order valence-corrected chi connectivity index (χ1v) is 8.00. The molecule has 1 rings (SSSR count). The summed E-state index contributed by atoms with van der Waals surface area (Å²) in [5.41, 5.74) is 0.182. The normalized spacial score (nSPS) is 22.0. The lowest BCUT2D eigenvalue weighted by molar-refractivity contribution is -0.123. The third kappa shape index (κ3) is 6.79. The summed E-state index contributed by atoms with van der Waals surface area (Å²) in [5.74, 6) is 0.611. The third-order valence-electron chi connectivity index (χ3n) is 4.05. The molecule has 1 aliphatic heterocycles. The number of amides is 1. The second kappa shape index (κ2) is 6.66. The van der Waals surface area contributed by atoms with Gasteiger partial charge < -0.3 is 15.4 Å². The van der Waals surface area contributed by atoms with Crippen molar-refractivity contribution in [1.82, 2.24) is 10.6 Å². The Morgan fingerprint density at radius 1 is 1.24 bits per heavy atom. The maximum atomic E-state index is 12.2. The maximum Gasteiger partial charge on any atom is 0.220 e. The molecule has 0 aromatic carbocycles. The van der Waals surface area contributed by atoms with Crippen molar-refractivity contribution in [1.29, 1.82) is 0 Å². The summed E-state index contributed by atoms with van der Waals surface area (Å²) in [4.78, 5) is 12.2. The molecule has 1 amide bonds. The van der Waals surface area contributed by atoms with Crippen LogP contribution in [-0.2, 0) is 9.53 Å². The number of carbonyl (C=O) groups excluding carboxylic acids is 1. The number of carbonyl (C=O) groups is 1. The van der Waals surface area contributed by atoms with Crippen molar-refractivity contribution in [3.8, 4) is 0 Å². The SMILES string of the molecule is COCC(C)(C)CNC(=O)CC1CC(C)(C)NC(C)(C)C1. The Labute approximate surface area is 130 Å². The van der Waals surface area contributed by atoms with Crippen molar-refractivity contribution in [3.05, 3.63) is 0 Å². The predicted octanol–water partition coefficient (Wildman–Crippen LogP) is 2.72. The van der Waals surface area contributed by atoms with E-state index in [9.17, 15) is 4.79 Å². The minimum Gasteiger partial charge on any atom is -0.384 e. The molecule has 1 saturated heterocycles. The molecule has 0 saturated carbocycles. The Bertz CT molecular complexity index is 346. The molecule has 1 aliphatic rings. The van der Waals surface area contributed by atoms with Gasteiger partial charge in [0.15, 0.2) is 0 Å². The van der Waals surface area contributed by atoms with Crippen LogP contribution in [0.1, 0.15) is 60.8 Å². The van der Waals surface area contributed by atoms with Gasteiger partial charge in [-0.15, -0.1) is 0 Å². The first kappa shape index (κ1) is 18.4.